The highest BCUT2D eigenvalue weighted by Gasteiger charge is 2.21. The third-order valence-electron chi connectivity index (χ3n) is 3.63. The van der Waals surface area contributed by atoms with E-state index < -0.39 is 11.8 Å². The third kappa shape index (κ3) is 5.17. The van der Waals surface area contributed by atoms with Crippen LogP contribution in [0.2, 0.25) is 0 Å². The van der Waals surface area contributed by atoms with Gasteiger partial charge in [-0.25, -0.2) is 0 Å². The summed E-state index contributed by atoms with van der Waals surface area (Å²) < 4.78 is 5.43. The molecule has 2 aromatic rings. The monoisotopic (exact) mass is 340 g/mol. The number of nitrogens with two attached hydrogens (primary N) is 1. The molecule has 6 nitrogen and oxygen atoms in total. The highest BCUT2D eigenvalue weighted by Crippen LogP contribution is 2.23. The number of hydrogen-bond acceptors (Lipinski definition) is 4. The molecule has 0 saturated carbocycles. The summed E-state index contributed by atoms with van der Waals surface area (Å²) in [4.78, 5) is 35.1. The second kappa shape index (κ2) is 8.63. The fourth-order valence-electron chi connectivity index (χ4n) is 2.38. The van der Waals surface area contributed by atoms with E-state index in [1.807, 2.05) is 37.3 Å². The molecule has 0 radical (unpaired) electrons. The van der Waals surface area contributed by atoms with Gasteiger partial charge in [-0.2, -0.15) is 0 Å². The predicted molar refractivity (Wildman–Crippen MR) is 93.1 cm³/mol. The number of esters is 1. The van der Waals surface area contributed by atoms with E-state index in [2.05, 4.69) is 5.32 Å². The number of nitrogens with one attached hydrogen (secondary N) is 1. The minimum atomic E-state index is -0.635. The molecule has 1 unspecified atom stereocenters. The first-order chi connectivity index (χ1) is 12.0. The number of ether oxygens (including phenoxy) is 1. The Balaban J connectivity index is 2.09. The van der Waals surface area contributed by atoms with Crippen molar-refractivity contribution < 1.29 is 19.1 Å². The second-order valence-electron chi connectivity index (χ2n) is 5.47. The lowest BCUT2D eigenvalue weighted by molar-refractivity contribution is -0.136. The summed E-state index contributed by atoms with van der Waals surface area (Å²) in [5, 5.41) is 2.38. The summed E-state index contributed by atoms with van der Waals surface area (Å²) in [7, 11) is 0. The van der Waals surface area contributed by atoms with Crippen molar-refractivity contribution in [1.29, 1.82) is 0 Å². The molecular weight excluding hydrogens is 320 g/mol. The van der Waals surface area contributed by atoms with E-state index in [9.17, 15) is 14.4 Å². The number of carbonyl (C=O) groups excluding carboxylic acids is 3. The number of hydrogen-bond donors (Lipinski definition) is 2. The van der Waals surface area contributed by atoms with Crippen LogP contribution in [-0.4, -0.2) is 24.3 Å². The van der Waals surface area contributed by atoms with E-state index in [0.717, 1.165) is 5.56 Å². The van der Waals surface area contributed by atoms with E-state index in [0.29, 0.717) is 6.42 Å². The molecule has 1 atom stereocenters. The molecule has 0 aliphatic heterocycles. The highest BCUT2D eigenvalue weighted by atomic mass is 16.5. The van der Waals surface area contributed by atoms with Gasteiger partial charge in [0.2, 0.25) is 5.91 Å². The average Bonchev–Trinajstić information content (AvgIpc) is 2.61. The van der Waals surface area contributed by atoms with Gasteiger partial charge in [-0.15, -0.1) is 0 Å². The second-order valence-corrected chi connectivity index (χ2v) is 5.47. The maximum absolute atomic E-state index is 12.5. The molecule has 2 rings (SSSR count). The maximum Gasteiger partial charge on any atom is 0.318 e. The van der Waals surface area contributed by atoms with Gasteiger partial charge in [0.15, 0.2) is 0 Å². The normalized spacial score (nSPS) is 11.4. The quantitative estimate of drug-likeness (QED) is 0.595. The Labute approximate surface area is 146 Å². The molecule has 3 N–H and O–H groups in total. The van der Waals surface area contributed by atoms with Crippen LogP contribution in [0.3, 0.4) is 0 Å². The lowest BCUT2D eigenvalue weighted by atomic mass is 9.97. The van der Waals surface area contributed by atoms with Crippen molar-refractivity contribution in [2.24, 2.45) is 5.73 Å². The third-order valence-corrected chi connectivity index (χ3v) is 3.63. The van der Waals surface area contributed by atoms with Gasteiger partial charge >= 0.3 is 5.97 Å². The van der Waals surface area contributed by atoms with Gasteiger partial charge in [0.05, 0.1) is 12.5 Å². The molecule has 0 aliphatic carbocycles. The van der Waals surface area contributed by atoms with Gasteiger partial charge in [-0.3, -0.25) is 14.4 Å². The topological polar surface area (TPSA) is 98.5 Å². The number of amides is 2. The Morgan fingerprint density at radius 2 is 1.80 bits per heavy atom. The van der Waals surface area contributed by atoms with Gasteiger partial charge < -0.3 is 15.8 Å². The van der Waals surface area contributed by atoms with E-state index in [4.69, 9.17) is 10.5 Å². The van der Waals surface area contributed by atoms with E-state index in [1.165, 1.54) is 6.07 Å². The minimum absolute atomic E-state index is 0.255. The Hall–Kier alpha value is -3.15. The molecule has 0 fully saturated rings. The fraction of sp³-hybridized carbons (Fsp3) is 0.211. The Morgan fingerprint density at radius 1 is 1.08 bits per heavy atom. The van der Waals surface area contributed by atoms with E-state index in [1.54, 1.807) is 18.2 Å². The molecule has 2 aromatic carbocycles. The van der Waals surface area contributed by atoms with Crippen LogP contribution < -0.4 is 15.8 Å². The Bertz CT molecular complexity index is 759. The summed E-state index contributed by atoms with van der Waals surface area (Å²) in [6.07, 6.45) is 0.599. The van der Waals surface area contributed by atoms with Gasteiger partial charge in [0, 0.05) is 5.56 Å². The molecule has 0 bridgehead atoms. The maximum atomic E-state index is 12.5. The summed E-state index contributed by atoms with van der Waals surface area (Å²) in [6.45, 7) is 1.65. The lowest BCUT2D eigenvalue weighted by Crippen LogP contribution is -2.33. The Morgan fingerprint density at radius 3 is 2.44 bits per heavy atom. The van der Waals surface area contributed by atoms with Crippen LogP contribution >= 0.6 is 0 Å². The first-order valence-electron chi connectivity index (χ1n) is 7.94. The van der Waals surface area contributed by atoms with Crippen LogP contribution in [0.15, 0.2) is 54.6 Å². The zero-order valence-electron chi connectivity index (χ0n) is 13.9. The standard InChI is InChI=1S/C19H20N2O4/c1-2-16(13-7-4-3-5-8-13)19(24)25-15-10-6-9-14(11-15)18(23)21-12-17(20)22/h3-11,16H,2,12H2,1H3,(H2,20,22)(H,21,23). The number of primary amides is 1. The molecule has 0 aromatic heterocycles. The largest absolute Gasteiger partial charge is 0.426 e. The van der Waals surface area contributed by atoms with Crippen molar-refractivity contribution in [3.05, 3.63) is 65.7 Å². The molecule has 6 heteroatoms. The molecule has 0 saturated heterocycles. The van der Waals surface area contributed by atoms with Crippen LogP contribution in [0.4, 0.5) is 0 Å². The van der Waals surface area contributed by atoms with Crippen LogP contribution in [0, 0.1) is 0 Å². The summed E-state index contributed by atoms with van der Waals surface area (Å²) >= 11 is 0. The smallest absolute Gasteiger partial charge is 0.318 e. The van der Waals surface area contributed by atoms with E-state index >= 15 is 0 Å². The number of benzene rings is 2. The first-order valence-corrected chi connectivity index (χ1v) is 7.94. The molecule has 25 heavy (non-hydrogen) atoms. The van der Waals surface area contributed by atoms with Crippen LogP contribution in [-0.2, 0) is 9.59 Å². The van der Waals surface area contributed by atoms with Gasteiger partial charge in [0.1, 0.15) is 5.75 Å². The fourth-order valence-corrected chi connectivity index (χ4v) is 2.38. The molecule has 130 valence electrons. The average molecular weight is 340 g/mol. The van der Waals surface area contributed by atoms with Crippen molar-refractivity contribution in [2.75, 3.05) is 6.54 Å². The molecular formula is C19H20N2O4. The summed E-state index contributed by atoms with van der Waals surface area (Å²) in [5.74, 6) is -1.60. The van der Waals surface area contributed by atoms with Crippen molar-refractivity contribution in [3.63, 3.8) is 0 Å². The molecule has 2 amide bonds. The van der Waals surface area contributed by atoms with Gasteiger partial charge in [-0.05, 0) is 30.2 Å². The lowest BCUT2D eigenvalue weighted by Gasteiger charge is -2.14. The highest BCUT2D eigenvalue weighted by molar-refractivity contribution is 5.96. The minimum Gasteiger partial charge on any atom is -0.426 e. The van der Waals surface area contributed by atoms with Crippen LogP contribution in [0.5, 0.6) is 5.75 Å². The number of carbonyl (C=O) groups is 3. The zero-order chi connectivity index (χ0) is 18.2. The molecule has 0 heterocycles. The van der Waals surface area contributed by atoms with Crippen molar-refractivity contribution >= 4 is 17.8 Å². The van der Waals surface area contributed by atoms with Crippen LogP contribution in [0.1, 0.15) is 35.2 Å². The molecule has 0 aliphatic rings. The van der Waals surface area contributed by atoms with Crippen molar-refractivity contribution in [3.8, 4) is 5.75 Å². The first kappa shape index (κ1) is 18.2. The van der Waals surface area contributed by atoms with E-state index in [-0.39, 0.29) is 29.7 Å². The van der Waals surface area contributed by atoms with Crippen molar-refractivity contribution in [1.82, 2.24) is 5.32 Å². The Kier molecular flexibility index (Phi) is 6.28. The predicted octanol–water partition coefficient (Wildman–Crippen LogP) is 2.00. The number of rotatable bonds is 7. The molecule has 0 spiro atoms. The summed E-state index contributed by atoms with van der Waals surface area (Å²) in [6, 6.07) is 15.6. The van der Waals surface area contributed by atoms with Crippen molar-refractivity contribution in [2.45, 2.75) is 19.3 Å². The summed E-state index contributed by atoms with van der Waals surface area (Å²) in [5.41, 5.74) is 6.15. The van der Waals surface area contributed by atoms with Gasteiger partial charge in [0.25, 0.3) is 5.91 Å². The zero-order valence-corrected chi connectivity index (χ0v) is 13.9. The van der Waals surface area contributed by atoms with Gasteiger partial charge in [-0.1, -0.05) is 43.3 Å². The SMILES string of the molecule is CCC(C(=O)Oc1cccc(C(=O)NCC(N)=O)c1)c1ccccc1. The van der Waals surface area contributed by atoms with Crippen LogP contribution in [0.25, 0.3) is 0 Å².